The first kappa shape index (κ1) is 18.7. The van der Waals surface area contributed by atoms with Crippen LogP contribution in [0.5, 0.6) is 5.75 Å². The molecule has 0 saturated carbocycles. The van der Waals surface area contributed by atoms with Gasteiger partial charge in [-0.05, 0) is 48.0 Å². The molecule has 0 aromatic heterocycles. The van der Waals surface area contributed by atoms with E-state index in [9.17, 15) is 19.7 Å². The molecule has 134 valence electrons. The number of methoxy groups -OCH3 is 1. The molecule has 0 aliphatic heterocycles. The zero-order valence-electron chi connectivity index (χ0n) is 14.0. The molecule has 8 nitrogen and oxygen atoms in total. The van der Waals surface area contributed by atoms with Gasteiger partial charge in [0.25, 0.3) is 5.69 Å². The molecule has 0 bridgehead atoms. The van der Waals surface area contributed by atoms with Crippen LogP contribution in [0, 0.1) is 10.1 Å². The van der Waals surface area contributed by atoms with Crippen molar-refractivity contribution in [3.8, 4) is 5.75 Å². The molecule has 0 aliphatic rings. The maximum absolute atomic E-state index is 11.8. The van der Waals surface area contributed by atoms with Gasteiger partial charge < -0.3 is 15.4 Å². The van der Waals surface area contributed by atoms with Gasteiger partial charge in [0, 0.05) is 23.9 Å². The van der Waals surface area contributed by atoms with Gasteiger partial charge in [0.15, 0.2) is 0 Å². The van der Waals surface area contributed by atoms with Crippen molar-refractivity contribution in [2.75, 3.05) is 19.0 Å². The predicted octanol–water partition coefficient (Wildman–Crippen LogP) is 2.37. The highest BCUT2D eigenvalue weighted by atomic mass is 16.6. The summed E-state index contributed by atoms with van der Waals surface area (Å²) in [5.74, 6) is -0.145. The number of rotatable bonds is 7. The Bertz CT molecular complexity index is 814. The molecule has 0 fully saturated rings. The maximum atomic E-state index is 11.8. The molecule has 0 atom stereocenters. The number of hydrogen-bond acceptors (Lipinski definition) is 5. The first-order chi connectivity index (χ1) is 12.5. The first-order valence-electron chi connectivity index (χ1n) is 7.62. The van der Waals surface area contributed by atoms with Gasteiger partial charge in [-0.2, -0.15) is 0 Å². The summed E-state index contributed by atoms with van der Waals surface area (Å²) in [6, 6.07) is 12.5. The molecule has 26 heavy (non-hydrogen) atoms. The number of carbonyl (C=O) groups excluding carboxylic acids is 2. The van der Waals surface area contributed by atoms with Crippen molar-refractivity contribution in [3.63, 3.8) is 0 Å². The van der Waals surface area contributed by atoms with Gasteiger partial charge in [0.1, 0.15) is 5.75 Å². The Morgan fingerprint density at radius 1 is 1.12 bits per heavy atom. The highest BCUT2D eigenvalue weighted by molar-refractivity contribution is 5.98. The van der Waals surface area contributed by atoms with Crippen LogP contribution < -0.4 is 15.4 Å². The Morgan fingerprint density at radius 2 is 1.77 bits per heavy atom. The van der Waals surface area contributed by atoms with Crippen LogP contribution >= 0.6 is 0 Å². The van der Waals surface area contributed by atoms with E-state index >= 15 is 0 Å². The molecule has 2 aromatic rings. The third kappa shape index (κ3) is 5.75. The van der Waals surface area contributed by atoms with E-state index in [1.165, 1.54) is 36.4 Å². The molecule has 0 radical (unpaired) electrons. The molecule has 2 amide bonds. The second-order valence-corrected chi connectivity index (χ2v) is 5.18. The van der Waals surface area contributed by atoms with Crippen LogP contribution in [-0.2, 0) is 9.59 Å². The van der Waals surface area contributed by atoms with E-state index in [2.05, 4.69) is 10.6 Å². The fourth-order valence-electron chi connectivity index (χ4n) is 1.98. The Balaban J connectivity index is 1.79. The van der Waals surface area contributed by atoms with Gasteiger partial charge >= 0.3 is 0 Å². The van der Waals surface area contributed by atoms with Crippen LogP contribution in [0.2, 0.25) is 0 Å². The Hall–Kier alpha value is -3.68. The molecule has 2 aromatic carbocycles. The van der Waals surface area contributed by atoms with Gasteiger partial charge in [-0.3, -0.25) is 19.7 Å². The van der Waals surface area contributed by atoms with Gasteiger partial charge in [-0.15, -0.1) is 0 Å². The lowest BCUT2D eigenvalue weighted by atomic mass is 10.2. The number of benzene rings is 2. The minimum Gasteiger partial charge on any atom is -0.497 e. The molecule has 0 spiro atoms. The van der Waals surface area contributed by atoms with Gasteiger partial charge in [0.05, 0.1) is 18.6 Å². The van der Waals surface area contributed by atoms with Crippen LogP contribution in [-0.4, -0.2) is 30.4 Å². The minimum absolute atomic E-state index is 0.0261. The molecule has 0 unspecified atom stereocenters. The zero-order valence-corrected chi connectivity index (χ0v) is 14.0. The lowest BCUT2D eigenvalue weighted by Crippen LogP contribution is -2.31. The summed E-state index contributed by atoms with van der Waals surface area (Å²) in [6.45, 7) is -0.185. The Morgan fingerprint density at radius 3 is 2.35 bits per heavy atom. The Labute approximate surface area is 149 Å². The van der Waals surface area contributed by atoms with Crippen molar-refractivity contribution in [2.24, 2.45) is 0 Å². The summed E-state index contributed by atoms with van der Waals surface area (Å²) >= 11 is 0. The van der Waals surface area contributed by atoms with Crippen LogP contribution in [0.3, 0.4) is 0 Å². The second kappa shape index (κ2) is 8.97. The van der Waals surface area contributed by atoms with Crippen LogP contribution in [0.1, 0.15) is 5.56 Å². The molecule has 2 N–H and O–H groups in total. The number of non-ortho nitro benzene ring substituents is 1. The van der Waals surface area contributed by atoms with Crippen molar-refractivity contribution >= 4 is 29.3 Å². The minimum atomic E-state index is -0.498. The van der Waals surface area contributed by atoms with E-state index in [0.29, 0.717) is 17.0 Å². The van der Waals surface area contributed by atoms with Crippen molar-refractivity contribution in [1.82, 2.24) is 5.32 Å². The number of amides is 2. The van der Waals surface area contributed by atoms with E-state index in [-0.39, 0.29) is 18.1 Å². The fourth-order valence-corrected chi connectivity index (χ4v) is 1.98. The van der Waals surface area contributed by atoms with E-state index in [1.807, 2.05) is 0 Å². The van der Waals surface area contributed by atoms with E-state index in [0.717, 1.165) is 0 Å². The van der Waals surface area contributed by atoms with Crippen molar-refractivity contribution in [3.05, 3.63) is 70.3 Å². The molecular formula is C18H17N3O5. The smallest absolute Gasteiger partial charge is 0.269 e. The molecule has 0 heterocycles. The monoisotopic (exact) mass is 355 g/mol. The highest BCUT2D eigenvalue weighted by Crippen LogP contribution is 2.15. The van der Waals surface area contributed by atoms with Crippen LogP contribution in [0.25, 0.3) is 6.08 Å². The molecule has 0 saturated heterocycles. The number of nitro groups is 1. The van der Waals surface area contributed by atoms with Crippen molar-refractivity contribution < 1.29 is 19.2 Å². The number of nitro benzene ring substituents is 1. The summed E-state index contributed by atoms with van der Waals surface area (Å²) in [4.78, 5) is 33.6. The quantitative estimate of drug-likeness (QED) is 0.450. The standard InChI is InChI=1S/C18H17N3O5/c1-26-16-9-5-14(6-10-16)20-18(23)12-19-17(22)11-4-13-2-7-15(8-3-13)21(24)25/h2-11H,12H2,1H3,(H,19,22)(H,20,23)/b11-4+. The van der Waals surface area contributed by atoms with Crippen molar-refractivity contribution in [2.45, 2.75) is 0 Å². The first-order valence-corrected chi connectivity index (χ1v) is 7.62. The maximum Gasteiger partial charge on any atom is 0.269 e. The lowest BCUT2D eigenvalue weighted by Gasteiger charge is -2.06. The third-order valence-electron chi connectivity index (χ3n) is 3.33. The Kier molecular flexibility index (Phi) is 6.44. The summed E-state index contributed by atoms with van der Waals surface area (Å²) in [6.07, 6.45) is 2.75. The second-order valence-electron chi connectivity index (χ2n) is 5.18. The fraction of sp³-hybridized carbons (Fsp3) is 0.111. The predicted molar refractivity (Wildman–Crippen MR) is 96.8 cm³/mol. The molecular weight excluding hydrogens is 338 g/mol. The molecule has 2 rings (SSSR count). The average Bonchev–Trinajstić information content (AvgIpc) is 2.65. The SMILES string of the molecule is COc1ccc(NC(=O)CNC(=O)/C=C/c2ccc([N+](=O)[O-])cc2)cc1. The average molecular weight is 355 g/mol. The summed E-state index contributed by atoms with van der Waals surface area (Å²) in [7, 11) is 1.55. The van der Waals surface area contributed by atoms with E-state index < -0.39 is 10.8 Å². The number of carbonyl (C=O) groups is 2. The van der Waals surface area contributed by atoms with Gasteiger partial charge in [-0.25, -0.2) is 0 Å². The summed E-state index contributed by atoms with van der Waals surface area (Å²) in [5.41, 5.74) is 1.20. The topological polar surface area (TPSA) is 111 Å². The number of ether oxygens (including phenoxy) is 1. The largest absolute Gasteiger partial charge is 0.497 e. The lowest BCUT2D eigenvalue weighted by molar-refractivity contribution is -0.384. The number of hydrogen-bond donors (Lipinski definition) is 2. The molecule has 0 aliphatic carbocycles. The van der Waals surface area contributed by atoms with Crippen molar-refractivity contribution in [1.29, 1.82) is 0 Å². The molecule has 8 heteroatoms. The number of nitrogens with zero attached hydrogens (tertiary/aromatic N) is 1. The number of anilines is 1. The van der Waals surface area contributed by atoms with Gasteiger partial charge in [0.2, 0.25) is 11.8 Å². The normalized spacial score (nSPS) is 10.3. The van der Waals surface area contributed by atoms with E-state index in [4.69, 9.17) is 4.74 Å². The summed E-state index contributed by atoms with van der Waals surface area (Å²) < 4.78 is 5.02. The van der Waals surface area contributed by atoms with E-state index in [1.54, 1.807) is 31.4 Å². The summed E-state index contributed by atoms with van der Waals surface area (Å²) in [5, 5.41) is 15.7. The van der Waals surface area contributed by atoms with Gasteiger partial charge in [-0.1, -0.05) is 0 Å². The zero-order chi connectivity index (χ0) is 18.9. The number of nitrogens with one attached hydrogen (secondary N) is 2. The highest BCUT2D eigenvalue weighted by Gasteiger charge is 2.05. The van der Waals surface area contributed by atoms with Crippen LogP contribution in [0.15, 0.2) is 54.6 Å². The van der Waals surface area contributed by atoms with Crippen LogP contribution in [0.4, 0.5) is 11.4 Å². The third-order valence-corrected chi connectivity index (χ3v) is 3.33.